The number of imidazole rings is 1. The van der Waals surface area contributed by atoms with Crippen LogP contribution in [-0.2, 0) is 0 Å². The van der Waals surface area contributed by atoms with E-state index in [0.29, 0.717) is 11.4 Å². The molecule has 118 valence electrons. The largest absolute Gasteiger partial charge is 0.507 e. The molecule has 23 heavy (non-hydrogen) atoms. The van der Waals surface area contributed by atoms with Crippen molar-refractivity contribution in [1.29, 1.82) is 0 Å². The lowest BCUT2D eigenvalue weighted by molar-refractivity contribution is 0.147. The van der Waals surface area contributed by atoms with Gasteiger partial charge < -0.3 is 9.84 Å². The van der Waals surface area contributed by atoms with Crippen LogP contribution in [0, 0.1) is 0 Å². The zero-order chi connectivity index (χ0) is 15.6. The van der Waals surface area contributed by atoms with E-state index >= 15 is 0 Å². The van der Waals surface area contributed by atoms with Crippen molar-refractivity contribution >= 4 is 5.65 Å². The Kier molecular flexibility index (Phi) is 3.61. The molecule has 1 aliphatic rings. The van der Waals surface area contributed by atoms with E-state index in [0.717, 1.165) is 24.2 Å². The van der Waals surface area contributed by atoms with Crippen molar-refractivity contribution in [1.82, 2.24) is 14.6 Å². The molecule has 1 fully saturated rings. The normalized spacial score (nSPS) is 15.8. The molecule has 0 atom stereocenters. The van der Waals surface area contributed by atoms with Crippen molar-refractivity contribution in [2.24, 2.45) is 0 Å². The molecular weight excluding hydrogens is 290 g/mol. The zero-order valence-corrected chi connectivity index (χ0v) is 12.9. The Morgan fingerprint density at radius 3 is 2.70 bits per heavy atom. The molecule has 0 saturated heterocycles. The van der Waals surface area contributed by atoms with Crippen molar-refractivity contribution in [2.75, 3.05) is 0 Å². The lowest BCUT2D eigenvalue weighted by atomic mass is 9.98. The Labute approximate surface area is 134 Å². The molecular formula is C18H19N3O2. The van der Waals surface area contributed by atoms with Gasteiger partial charge in [0, 0.05) is 11.6 Å². The zero-order valence-electron chi connectivity index (χ0n) is 12.9. The molecule has 4 rings (SSSR count). The number of phenolic OH excluding ortho intramolecular Hbond substituents is 1. The molecule has 2 aromatic heterocycles. The van der Waals surface area contributed by atoms with Crippen molar-refractivity contribution in [3.05, 3.63) is 42.6 Å². The van der Waals surface area contributed by atoms with Gasteiger partial charge in [0.25, 0.3) is 0 Å². The molecule has 5 nitrogen and oxygen atoms in total. The Morgan fingerprint density at radius 2 is 1.87 bits per heavy atom. The van der Waals surface area contributed by atoms with Gasteiger partial charge in [0.2, 0.25) is 5.88 Å². The van der Waals surface area contributed by atoms with Crippen LogP contribution < -0.4 is 4.74 Å². The molecule has 1 aromatic carbocycles. The third kappa shape index (κ3) is 2.74. The van der Waals surface area contributed by atoms with Gasteiger partial charge in [-0.1, -0.05) is 18.6 Å². The average Bonchev–Trinajstić information content (AvgIpc) is 2.99. The van der Waals surface area contributed by atoms with Crippen molar-refractivity contribution in [2.45, 2.75) is 38.2 Å². The number of ether oxygens (including phenoxy) is 1. The lowest BCUT2D eigenvalue weighted by Crippen LogP contribution is -2.20. The summed E-state index contributed by atoms with van der Waals surface area (Å²) in [5.41, 5.74) is 2.20. The number of aromatic hydroxyl groups is 1. The summed E-state index contributed by atoms with van der Waals surface area (Å²) in [4.78, 5) is 4.36. The van der Waals surface area contributed by atoms with E-state index in [-0.39, 0.29) is 11.9 Å². The SMILES string of the molecule is Oc1ccccc1-c1cnc2ccc(OC3CCCCC3)nn12. The first kappa shape index (κ1) is 14.1. The molecule has 0 spiro atoms. The van der Waals surface area contributed by atoms with E-state index in [1.807, 2.05) is 24.3 Å². The topological polar surface area (TPSA) is 59.7 Å². The average molecular weight is 309 g/mol. The highest BCUT2D eigenvalue weighted by atomic mass is 16.5. The molecule has 0 bridgehead atoms. The Morgan fingerprint density at radius 1 is 1.04 bits per heavy atom. The molecule has 0 aliphatic heterocycles. The molecule has 2 heterocycles. The minimum atomic E-state index is 0.217. The van der Waals surface area contributed by atoms with Crippen LogP contribution >= 0.6 is 0 Å². The smallest absolute Gasteiger partial charge is 0.232 e. The maximum absolute atomic E-state index is 10.1. The van der Waals surface area contributed by atoms with Crippen LogP contribution in [0.5, 0.6) is 11.6 Å². The number of hydrogen-bond acceptors (Lipinski definition) is 4. The van der Waals surface area contributed by atoms with Gasteiger partial charge in [-0.15, -0.1) is 5.10 Å². The van der Waals surface area contributed by atoms with E-state index in [1.165, 1.54) is 19.3 Å². The van der Waals surface area contributed by atoms with Crippen molar-refractivity contribution in [3.63, 3.8) is 0 Å². The van der Waals surface area contributed by atoms with E-state index in [4.69, 9.17) is 4.74 Å². The van der Waals surface area contributed by atoms with Crippen LogP contribution in [0.3, 0.4) is 0 Å². The van der Waals surface area contributed by atoms with Gasteiger partial charge in [-0.25, -0.2) is 9.50 Å². The molecule has 1 N–H and O–H groups in total. The third-order valence-electron chi connectivity index (χ3n) is 4.36. The second-order valence-corrected chi connectivity index (χ2v) is 5.98. The van der Waals surface area contributed by atoms with E-state index in [9.17, 15) is 5.11 Å². The number of para-hydroxylation sites is 1. The summed E-state index contributed by atoms with van der Waals surface area (Å²) in [5, 5.41) is 14.6. The number of hydrogen-bond donors (Lipinski definition) is 1. The van der Waals surface area contributed by atoms with Gasteiger partial charge in [-0.05, 0) is 43.9 Å². The first-order valence-electron chi connectivity index (χ1n) is 8.11. The number of phenols is 1. The van der Waals surface area contributed by atoms with Crippen molar-refractivity contribution in [3.8, 4) is 22.9 Å². The predicted octanol–water partition coefficient (Wildman–Crippen LogP) is 3.81. The Hall–Kier alpha value is -2.56. The minimum Gasteiger partial charge on any atom is -0.507 e. The number of fused-ring (bicyclic) bond motifs is 1. The Balaban J connectivity index is 1.70. The van der Waals surface area contributed by atoms with Gasteiger partial charge in [0.05, 0.1) is 11.9 Å². The van der Waals surface area contributed by atoms with Crippen LogP contribution in [0.4, 0.5) is 0 Å². The molecule has 5 heteroatoms. The van der Waals surface area contributed by atoms with Gasteiger partial charge in [0.15, 0.2) is 5.65 Å². The minimum absolute atomic E-state index is 0.217. The van der Waals surface area contributed by atoms with Crippen LogP contribution in [0.15, 0.2) is 42.6 Å². The van der Waals surface area contributed by atoms with Gasteiger partial charge in [-0.3, -0.25) is 0 Å². The summed E-state index contributed by atoms with van der Waals surface area (Å²) >= 11 is 0. The highest BCUT2D eigenvalue weighted by Crippen LogP contribution is 2.29. The van der Waals surface area contributed by atoms with Crippen LogP contribution in [0.25, 0.3) is 16.9 Å². The number of aromatic nitrogens is 3. The molecule has 1 aliphatic carbocycles. The summed E-state index contributed by atoms with van der Waals surface area (Å²) < 4.78 is 7.76. The van der Waals surface area contributed by atoms with E-state index in [1.54, 1.807) is 22.8 Å². The summed E-state index contributed by atoms with van der Waals surface area (Å²) in [6.45, 7) is 0. The second kappa shape index (κ2) is 5.91. The summed E-state index contributed by atoms with van der Waals surface area (Å²) in [5.74, 6) is 0.828. The molecule has 0 radical (unpaired) electrons. The standard InChI is InChI=1S/C18H19N3O2/c22-16-9-5-4-8-14(16)15-12-19-17-10-11-18(20-21(15)17)23-13-6-2-1-3-7-13/h4-5,8-13,22H,1-3,6-7H2. The highest BCUT2D eigenvalue weighted by Gasteiger charge is 2.17. The third-order valence-corrected chi connectivity index (χ3v) is 4.36. The molecule has 0 unspecified atom stereocenters. The fourth-order valence-corrected chi connectivity index (χ4v) is 3.15. The fraction of sp³-hybridized carbons (Fsp3) is 0.333. The molecule has 3 aromatic rings. The molecule has 1 saturated carbocycles. The number of benzene rings is 1. The lowest BCUT2D eigenvalue weighted by Gasteiger charge is -2.22. The molecule has 0 amide bonds. The summed E-state index contributed by atoms with van der Waals surface area (Å²) in [6.07, 6.45) is 7.91. The van der Waals surface area contributed by atoms with E-state index in [2.05, 4.69) is 10.1 Å². The monoisotopic (exact) mass is 309 g/mol. The van der Waals surface area contributed by atoms with Gasteiger partial charge in [0.1, 0.15) is 11.9 Å². The summed E-state index contributed by atoms with van der Waals surface area (Å²) in [7, 11) is 0. The van der Waals surface area contributed by atoms with Crippen molar-refractivity contribution < 1.29 is 9.84 Å². The van der Waals surface area contributed by atoms with Gasteiger partial charge in [-0.2, -0.15) is 0 Å². The first-order chi connectivity index (χ1) is 11.3. The second-order valence-electron chi connectivity index (χ2n) is 5.98. The fourth-order valence-electron chi connectivity index (χ4n) is 3.15. The quantitative estimate of drug-likeness (QED) is 0.799. The van der Waals surface area contributed by atoms with Gasteiger partial charge >= 0.3 is 0 Å². The predicted molar refractivity (Wildman–Crippen MR) is 87.6 cm³/mol. The first-order valence-corrected chi connectivity index (χ1v) is 8.11. The van der Waals surface area contributed by atoms with Crippen LogP contribution in [0.1, 0.15) is 32.1 Å². The number of rotatable bonds is 3. The Bertz CT molecular complexity index is 822. The number of nitrogens with zero attached hydrogens (tertiary/aromatic N) is 3. The van der Waals surface area contributed by atoms with Crippen LogP contribution in [-0.4, -0.2) is 25.8 Å². The highest BCUT2D eigenvalue weighted by molar-refractivity contribution is 5.69. The van der Waals surface area contributed by atoms with Crippen LogP contribution in [0.2, 0.25) is 0 Å². The maximum Gasteiger partial charge on any atom is 0.232 e. The van der Waals surface area contributed by atoms with E-state index < -0.39 is 0 Å². The maximum atomic E-state index is 10.1. The summed E-state index contributed by atoms with van der Waals surface area (Å²) in [6, 6.07) is 11.0.